The fourth-order valence-corrected chi connectivity index (χ4v) is 3.83. The number of nitrogens with zero attached hydrogens (tertiary/aromatic N) is 5. The zero-order chi connectivity index (χ0) is 20.2. The van der Waals surface area contributed by atoms with Crippen LogP contribution in [0.3, 0.4) is 0 Å². The quantitative estimate of drug-likeness (QED) is 0.712. The van der Waals surface area contributed by atoms with Crippen molar-refractivity contribution in [1.29, 1.82) is 0 Å². The molecule has 3 aliphatic rings. The molecule has 0 bridgehead atoms. The molecule has 150 valence electrons. The average molecular weight is 395 g/mol. The lowest BCUT2D eigenvalue weighted by atomic mass is 9.96. The van der Waals surface area contributed by atoms with E-state index in [1.165, 1.54) is 0 Å². The molecule has 1 aromatic carbocycles. The van der Waals surface area contributed by atoms with Gasteiger partial charge in [0, 0.05) is 11.3 Å². The molecular weight excluding hydrogens is 374 g/mol. The molecule has 2 saturated carbocycles. The van der Waals surface area contributed by atoms with E-state index in [0.717, 1.165) is 36.1 Å². The highest BCUT2D eigenvalue weighted by atomic mass is 16.2. The van der Waals surface area contributed by atoms with Crippen molar-refractivity contribution in [3.8, 4) is 11.4 Å². The van der Waals surface area contributed by atoms with E-state index in [0.29, 0.717) is 17.6 Å². The number of benzene rings is 1. The summed E-state index contributed by atoms with van der Waals surface area (Å²) in [7, 11) is 0. The van der Waals surface area contributed by atoms with Gasteiger partial charge in [-0.05, 0) is 61.1 Å². The Bertz CT molecular complexity index is 1010. The van der Waals surface area contributed by atoms with Gasteiger partial charge in [-0.3, -0.25) is 14.5 Å². The van der Waals surface area contributed by atoms with Crippen LogP contribution in [-0.2, 0) is 9.59 Å². The molecule has 1 atom stereocenters. The molecule has 5 rings (SSSR count). The summed E-state index contributed by atoms with van der Waals surface area (Å²) in [6.07, 6.45) is 3.94. The third-order valence-electron chi connectivity index (χ3n) is 5.79. The molecule has 2 heterocycles. The predicted octanol–water partition coefficient (Wildman–Crippen LogP) is 1.33. The number of anilines is 1. The summed E-state index contributed by atoms with van der Waals surface area (Å²) in [4.78, 5) is 38.4. The van der Waals surface area contributed by atoms with Crippen LogP contribution in [0, 0.1) is 5.92 Å². The van der Waals surface area contributed by atoms with Gasteiger partial charge in [0.2, 0.25) is 5.91 Å². The number of hydrogen-bond donors (Lipinski definition) is 2. The number of carbonyl (C=O) groups is 3. The molecule has 2 N–H and O–H groups in total. The molecule has 1 aliphatic heterocycles. The van der Waals surface area contributed by atoms with Gasteiger partial charge in [-0.15, -0.1) is 5.10 Å². The largest absolute Gasteiger partial charge is 0.325 e. The van der Waals surface area contributed by atoms with Crippen molar-refractivity contribution in [2.24, 2.45) is 5.92 Å². The molecule has 3 fully saturated rings. The van der Waals surface area contributed by atoms with Crippen LogP contribution in [0.4, 0.5) is 10.5 Å². The maximum Gasteiger partial charge on any atom is 0.325 e. The van der Waals surface area contributed by atoms with Gasteiger partial charge in [0.1, 0.15) is 12.1 Å². The molecule has 10 nitrogen and oxygen atoms in total. The van der Waals surface area contributed by atoms with Crippen LogP contribution in [-0.4, -0.2) is 55.0 Å². The van der Waals surface area contributed by atoms with Gasteiger partial charge in [0.25, 0.3) is 5.91 Å². The lowest BCUT2D eigenvalue weighted by Crippen LogP contribution is -2.46. The molecule has 29 heavy (non-hydrogen) atoms. The van der Waals surface area contributed by atoms with Crippen molar-refractivity contribution < 1.29 is 14.4 Å². The second-order valence-electron chi connectivity index (χ2n) is 8.11. The van der Waals surface area contributed by atoms with Crippen LogP contribution in [0.2, 0.25) is 0 Å². The van der Waals surface area contributed by atoms with Crippen molar-refractivity contribution >= 4 is 23.5 Å². The van der Waals surface area contributed by atoms with E-state index in [9.17, 15) is 14.4 Å². The number of carbonyl (C=O) groups excluding carboxylic acids is 3. The molecule has 2 aliphatic carbocycles. The first-order chi connectivity index (χ1) is 14.0. The molecule has 2 aromatic rings. The van der Waals surface area contributed by atoms with Gasteiger partial charge >= 0.3 is 6.03 Å². The van der Waals surface area contributed by atoms with Crippen LogP contribution < -0.4 is 10.6 Å². The molecular formula is C19H21N7O3. The molecule has 1 saturated heterocycles. The standard InChI is InChI=1S/C19H21N7O3/c1-19(12-5-6-12)17(28)25(18(29)21-19)10-15(27)20-13-4-2-3-11(9-13)16-22-23-24-26(16)14-7-8-14/h2-4,9,12,14H,5-8,10H2,1H3,(H,20,27)(H,21,29)/t19-/m1/s1. The van der Waals surface area contributed by atoms with E-state index in [2.05, 4.69) is 26.2 Å². The molecule has 1 aromatic heterocycles. The Morgan fingerprint density at radius 2 is 2.07 bits per heavy atom. The minimum absolute atomic E-state index is 0.154. The van der Waals surface area contributed by atoms with Gasteiger partial charge in [-0.25, -0.2) is 9.48 Å². The number of aromatic nitrogens is 4. The first kappa shape index (κ1) is 17.8. The fourth-order valence-electron chi connectivity index (χ4n) is 3.83. The van der Waals surface area contributed by atoms with Crippen LogP contribution >= 0.6 is 0 Å². The number of tetrazole rings is 1. The number of hydrogen-bond acceptors (Lipinski definition) is 6. The van der Waals surface area contributed by atoms with Crippen LogP contribution in [0.15, 0.2) is 24.3 Å². The average Bonchev–Trinajstić information content (AvgIpc) is 3.63. The molecule has 0 unspecified atom stereocenters. The smallest absolute Gasteiger partial charge is 0.325 e. The third kappa shape index (κ3) is 3.14. The van der Waals surface area contributed by atoms with Gasteiger partial charge in [-0.1, -0.05) is 12.1 Å². The number of rotatable bonds is 6. The molecule has 4 amide bonds. The van der Waals surface area contributed by atoms with Crippen molar-refractivity contribution in [2.45, 2.75) is 44.2 Å². The van der Waals surface area contributed by atoms with Crippen molar-refractivity contribution in [3.05, 3.63) is 24.3 Å². The Morgan fingerprint density at radius 3 is 2.79 bits per heavy atom. The van der Waals surface area contributed by atoms with E-state index < -0.39 is 17.5 Å². The lowest BCUT2D eigenvalue weighted by molar-refractivity contribution is -0.134. The first-order valence-electron chi connectivity index (χ1n) is 9.78. The maximum absolute atomic E-state index is 12.7. The predicted molar refractivity (Wildman–Crippen MR) is 102 cm³/mol. The van der Waals surface area contributed by atoms with Crippen LogP contribution in [0.1, 0.15) is 38.6 Å². The van der Waals surface area contributed by atoms with E-state index >= 15 is 0 Å². The zero-order valence-corrected chi connectivity index (χ0v) is 16.0. The Hall–Kier alpha value is -3.30. The van der Waals surface area contributed by atoms with Crippen LogP contribution in [0.25, 0.3) is 11.4 Å². The Balaban J connectivity index is 1.28. The highest BCUT2D eigenvalue weighted by molar-refractivity contribution is 6.10. The van der Waals surface area contributed by atoms with E-state index in [4.69, 9.17) is 0 Å². The molecule has 10 heteroatoms. The van der Waals surface area contributed by atoms with Gasteiger partial charge < -0.3 is 10.6 Å². The summed E-state index contributed by atoms with van der Waals surface area (Å²) < 4.78 is 1.80. The number of urea groups is 1. The normalized spacial score (nSPS) is 24.0. The SMILES string of the molecule is C[C@]1(C2CC2)NC(=O)N(CC(=O)Nc2cccc(-c3nnnn3C3CC3)c2)C1=O. The third-order valence-corrected chi connectivity index (χ3v) is 5.79. The van der Waals surface area contributed by atoms with Gasteiger partial charge in [-0.2, -0.15) is 0 Å². The number of nitrogens with one attached hydrogen (secondary N) is 2. The molecule has 0 radical (unpaired) electrons. The fraction of sp³-hybridized carbons (Fsp3) is 0.474. The monoisotopic (exact) mass is 395 g/mol. The first-order valence-corrected chi connectivity index (χ1v) is 9.78. The van der Waals surface area contributed by atoms with Gasteiger partial charge in [0.15, 0.2) is 5.82 Å². The summed E-state index contributed by atoms with van der Waals surface area (Å²) in [5.41, 5.74) is 0.447. The van der Waals surface area contributed by atoms with E-state index in [1.54, 1.807) is 29.8 Å². The topological polar surface area (TPSA) is 122 Å². The zero-order valence-electron chi connectivity index (χ0n) is 16.0. The highest BCUT2D eigenvalue weighted by Gasteiger charge is 2.56. The van der Waals surface area contributed by atoms with Gasteiger partial charge in [0.05, 0.1) is 6.04 Å². The second kappa shape index (κ2) is 6.36. The summed E-state index contributed by atoms with van der Waals surface area (Å²) in [6.45, 7) is 1.41. The highest BCUT2D eigenvalue weighted by Crippen LogP contribution is 2.42. The van der Waals surface area contributed by atoms with Crippen molar-refractivity contribution in [3.63, 3.8) is 0 Å². The summed E-state index contributed by atoms with van der Waals surface area (Å²) in [6, 6.07) is 7.01. The second-order valence-corrected chi connectivity index (χ2v) is 8.11. The van der Waals surface area contributed by atoms with Crippen molar-refractivity contribution in [2.75, 3.05) is 11.9 Å². The summed E-state index contributed by atoms with van der Waals surface area (Å²) in [5, 5.41) is 17.4. The minimum atomic E-state index is -0.892. The minimum Gasteiger partial charge on any atom is -0.325 e. The Kier molecular flexibility index (Phi) is 3.90. The Labute approximate surface area is 166 Å². The van der Waals surface area contributed by atoms with Crippen molar-refractivity contribution in [1.82, 2.24) is 30.4 Å². The summed E-state index contributed by atoms with van der Waals surface area (Å²) >= 11 is 0. The number of imide groups is 1. The van der Waals surface area contributed by atoms with Crippen LogP contribution in [0.5, 0.6) is 0 Å². The molecule has 0 spiro atoms. The van der Waals surface area contributed by atoms with E-state index in [1.807, 2.05) is 6.07 Å². The Morgan fingerprint density at radius 1 is 1.28 bits per heavy atom. The number of amides is 4. The summed E-state index contributed by atoms with van der Waals surface area (Å²) in [5.74, 6) is 0.0315. The lowest BCUT2D eigenvalue weighted by Gasteiger charge is -2.20. The maximum atomic E-state index is 12.7. The van der Waals surface area contributed by atoms with E-state index in [-0.39, 0.29) is 18.4 Å².